The van der Waals surface area contributed by atoms with Crippen LogP contribution in [0.15, 0.2) is 41.5 Å². The molecule has 3 aliphatic heterocycles. The highest BCUT2D eigenvalue weighted by molar-refractivity contribution is 6.72. The Morgan fingerprint density at radius 2 is 1.97 bits per heavy atom. The van der Waals surface area contributed by atoms with Gasteiger partial charge in [-0.25, -0.2) is 0 Å². The van der Waals surface area contributed by atoms with Crippen LogP contribution in [0.2, 0.25) is 18.6 Å². The van der Waals surface area contributed by atoms with Crippen molar-refractivity contribution in [1.29, 1.82) is 0 Å². The zero-order valence-corrected chi connectivity index (χ0v) is 24.0. The summed E-state index contributed by atoms with van der Waals surface area (Å²) in [6, 6.07) is 5.69. The second-order valence-electron chi connectivity index (χ2n) is 11.6. The number of ether oxygens (including phenoxy) is 1. The van der Waals surface area contributed by atoms with Gasteiger partial charge in [-0.3, -0.25) is 9.59 Å². The summed E-state index contributed by atoms with van der Waals surface area (Å²) in [5.74, 6) is -0.532. The van der Waals surface area contributed by atoms with Crippen LogP contribution in [0.1, 0.15) is 58.9 Å². The van der Waals surface area contributed by atoms with Crippen LogP contribution in [0.3, 0.4) is 0 Å². The van der Waals surface area contributed by atoms with Crippen LogP contribution >= 0.6 is 0 Å². The fraction of sp³-hybridized carbons (Fsp3) is 0.586. The Morgan fingerprint density at radius 3 is 2.54 bits per heavy atom. The molecule has 3 heterocycles. The van der Waals surface area contributed by atoms with E-state index in [4.69, 9.17) is 4.74 Å². The van der Waals surface area contributed by atoms with Crippen LogP contribution in [0.5, 0.6) is 0 Å². The van der Waals surface area contributed by atoms with Crippen LogP contribution in [0, 0.1) is 5.92 Å². The normalized spacial score (nSPS) is 27.7. The maximum atomic E-state index is 15.7. The molecule has 2 saturated heterocycles. The summed E-state index contributed by atoms with van der Waals surface area (Å²) in [5, 5.41) is 9.74. The third-order valence-electron chi connectivity index (χ3n) is 8.23. The van der Waals surface area contributed by atoms with Gasteiger partial charge >= 0.3 is 0 Å². The van der Waals surface area contributed by atoms with Gasteiger partial charge in [0, 0.05) is 48.8 Å². The first kappa shape index (κ1) is 27.7. The van der Waals surface area contributed by atoms with Crippen molar-refractivity contribution < 1.29 is 23.5 Å². The number of aliphatic hydroxyl groups is 1. The molecule has 0 aromatic heterocycles. The lowest BCUT2D eigenvalue weighted by molar-refractivity contribution is -0.146. The van der Waals surface area contributed by atoms with E-state index in [9.17, 15) is 14.7 Å². The average molecular weight is 529 g/mol. The van der Waals surface area contributed by atoms with Gasteiger partial charge in [0.05, 0.1) is 11.8 Å². The molecule has 0 aliphatic carbocycles. The maximum Gasteiger partial charge on any atom is 0.264 e. The molecule has 0 unspecified atom stereocenters. The molecule has 0 radical (unpaired) electrons. The minimum atomic E-state index is -3.25. The first-order valence-electron chi connectivity index (χ1n) is 13.4. The Hall–Kier alpha value is -2.29. The number of carbonyl (C=O) groups excluding carboxylic acids is 2. The third kappa shape index (κ3) is 4.95. The van der Waals surface area contributed by atoms with Crippen molar-refractivity contribution in [2.45, 2.75) is 83.7 Å². The van der Waals surface area contributed by atoms with Crippen molar-refractivity contribution in [1.82, 2.24) is 0 Å². The van der Waals surface area contributed by atoms with Gasteiger partial charge < -0.3 is 23.8 Å². The predicted octanol–water partition coefficient (Wildman–Crippen LogP) is 5.62. The Kier molecular flexibility index (Phi) is 7.84. The molecule has 2 amide bonds. The van der Waals surface area contributed by atoms with Crippen molar-refractivity contribution >= 4 is 31.6 Å². The van der Waals surface area contributed by atoms with Gasteiger partial charge in [-0.1, -0.05) is 30.2 Å². The molecular formula is C29H41FN2O4Si. The lowest BCUT2D eigenvalue weighted by Gasteiger charge is -2.33. The number of carbonyl (C=O) groups is 2. The van der Waals surface area contributed by atoms with E-state index in [0.29, 0.717) is 25.1 Å². The van der Waals surface area contributed by atoms with Gasteiger partial charge in [-0.2, -0.15) is 0 Å². The van der Waals surface area contributed by atoms with Crippen LogP contribution < -0.4 is 9.80 Å². The summed E-state index contributed by atoms with van der Waals surface area (Å²) in [4.78, 5) is 29.9. The van der Waals surface area contributed by atoms with E-state index < -0.39 is 31.6 Å². The standard InChI is InChI=1S/C29H41FN2O4Si/c1-19(2)8-7-9-20(3)12-15-32-24-11-10-22(31-16-13-26(31)34)18-23(24)29(28(32)35)21(4)27(37(5,6)30)25(36-29)14-17-33/h8,10-12,18,21,25,27,33H,7,9,13-17H2,1-6H3/b20-12+/t21-,25+,27-,29+/m0/s1. The lowest BCUT2D eigenvalue weighted by Crippen LogP contribution is -2.45. The largest absolute Gasteiger partial charge is 0.396 e. The minimum absolute atomic E-state index is 0.0545. The summed E-state index contributed by atoms with van der Waals surface area (Å²) >= 11 is 0. The van der Waals surface area contributed by atoms with Crippen LogP contribution in [0.25, 0.3) is 0 Å². The smallest absolute Gasteiger partial charge is 0.264 e. The van der Waals surface area contributed by atoms with Gasteiger partial charge in [-0.05, 0) is 71.3 Å². The number of halogens is 1. The number of fused-ring (bicyclic) bond motifs is 2. The lowest BCUT2D eigenvalue weighted by atomic mass is 9.82. The number of hydrogen-bond donors (Lipinski definition) is 1. The Morgan fingerprint density at radius 1 is 1.24 bits per heavy atom. The topological polar surface area (TPSA) is 70.1 Å². The highest BCUT2D eigenvalue weighted by Crippen LogP contribution is 2.60. The Balaban J connectivity index is 1.75. The molecule has 0 bridgehead atoms. The molecule has 1 spiro atoms. The summed E-state index contributed by atoms with van der Waals surface area (Å²) < 4.78 is 22.3. The van der Waals surface area contributed by atoms with Gasteiger partial charge in [0.25, 0.3) is 5.91 Å². The summed E-state index contributed by atoms with van der Waals surface area (Å²) in [6.07, 6.45) is 6.41. The van der Waals surface area contributed by atoms with E-state index in [1.165, 1.54) is 11.1 Å². The number of aliphatic hydroxyl groups excluding tert-OH is 1. The van der Waals surface area contributed by atoms with Gasteiger partial charge in [0.1, 0.15) is 0 Å². The van der Waals surface area contributed by atoms with E-state index >= 15 is 4.11 Å². The molecule has 1 aromatic carbocycles. The number of benzene rings is 1. The fourth-order valence-electron chi connectivity index (χ4n) is 6.31. The predicted molar refractivity (Wildman–Crippen MR) is 148 cm³/mol. The molecule has 4 rings (SSSR count). The van der Waals surface area contributed by atoms with Crippen molar-refractivity contribution in [2.75, 3.05) is 29.5 Å². The number of β-lactam (4-membered cyclic amide) rings is 1. The maximum absolute atomic E-state index is 15.7. The molecule has 1 N–H and O–H groups in total. The molecule has 4 atom stereocenters. The Labute approximate surface area is 221 Å². The second kappa shape index (κ2) is 10.5. The number of allylic oxidation sites excluding steroid dienone is 3. The van der Waals surface area contributed by atoms with Gasteiger partial charge in [0.2, 0.25) is 14.3 Å². The molecule has 1 aromatic rings. The first-order valence-corrected chi connectivity index (χ1v) is 16.4. The van der Waals surface area contributed by atoms with E-state index in [0.717, 1.165) is 24.2 Å². The zero-order chi connectivity index (χ0) is 27.1. The highest BCUT2D eigenvalue weighted by Gasteiger charge is 2.66. The van der Waals surface area contributed by atoms with Crippen LogP contribution in [0.4, 0.5) is 15.5 Å². The van der Waals surface area contributed by atoms with Crippen molar-refractivity contribution in [3.8, 4) is 0 Å². The van der Waals surface area contributed by atoms with Crippen molar-refractivity contribution in [3.05, 3.63) is 47.1 Å². The summed E-state index contributed by atoms with van der Waals surface area (Å²) in [7, 11) is -3.25. The summed E-state index contributed by atoms with van der Waals surface area (Å²) in [6.45, 7) is 12.4. The molecule has 202 valence electrons. The monoisotopic (exact) mass is 528 g/mol. The fourth-order valence-corrected chi connectivity index (χ4v) is 8.85. The van der Waals surface area contributed by atoms with Gasteiger partial charge in [-0.15, -0.1) is 0 Å². The first-order chi connectivity index (χ1) is 17.4. The number of nitrogens with zero attached hydrogens (tertiary/aromatic N) is 2. The van der Waals surface area contributed by atoms with Crippen LogP contribution in [-0.2, 0) is 19.9 Å². The zero-order valence-electron chi connectivity index (χ0n) is 23.0. The van der Waals surface area contributed by atoms with Gasteiger partial charge in [0.15, 0.2) is 5.60 Å². The van der Waals surface area contributed by atoms with Crippen molar-refractivity contribution in [2.24, 2.45) is 5.92 Å². The second-order valence-corrected chi connectivity index (χ2v) is 15.4. The highest BCUT2D eigenvalue weighted by atomic mass is 28.4. The van der Waals surface area contributed by atoms with Crippen LogP contribution in [-0.4, -0.2) is 51.1 Å². The molecule has 0 saturated carbocycles. The molecule has 2 fully saturated rings. The minimum Gasteiger partial charge on any atom is -0.396 e. The third-order valence-corrected chi connectivity index (χ3v) is 10.7. The molecular weight excluding hydrogens is 487 g/mol. The SMILES string of the molecule is CC(C)=CCC/C(C)=C/CN1C(=O)[C@]2(O[C@H](CCO)[C@@H]([Si](C)(C)F)[C@@H]2C)c2cc(N3CCC3=O)ccc21. The molecule has 37 heavy (non-hydrogen) atoms. The number of amides is 2. The number of hydrogen-bond acceptors (Lipinski definition) is 4. The van der Waals surface area contributed by atoms with E-state index in [-0.39, 0.29) is 24.8 Å². The summed E-state index contributed by atoms with van der Waals surface area (Å²) in [5.41, 5.74) is 2.92. The van der Waals surface area contributed by atoms with E-state index in [2.05, 4.69) is 32.9 Å². The van der Waals surface area contributed by atoms with E-state index in [1.54, 1.807) is 22.9 Å². The average Bonchev–Trinajstić information content (AvgIpc) is 3.23. The number of rotatable bonds is 9. The van der Waals surface area contributed by atoms with E-state index in [1.807, 2.05) is 25.1 Å². The van der Waals surface area contributed by atoms with Crippen molar-refractivity contribution in [3.63, 3.8) is 0 Å². The quantitative estimate of drug-likeness (QED) is 0.195. The Bertz CT molecular complexity index is 1120. The number of anilines is 2. The molecule has 8 heteroatoms. The molecule has 6 nitrogen and oxygen atoms in total. The molecule has 3 aliphatic rings.